The Morgan fingerprint density at radius 1 is 0.929 bits per heavy atom. The average Bonchev–Trinajstić information content (AvgIpc) is 1.83. The average molecular weight is 226 g/mol. The summed E-state index contributed by atoms with van der Waals surface area (Å²) in [6, 6.07) is 0. The van der Waals surface area contributed by atoms with Gasteiger partial charge in [-0.1, -0.05) is 0 Å². The monoisotopic (exact) mass is 226 g/mol. The number of carboxylic acids is 1. The third kappa shape index (κ3) is 8.81. The van der Waals surface area contributed by atoms with Crippen LogP contribution in [0.3, 0.4) is 0 Å². The number of hydrogen-bond donors (Lipinski definition) is 1. The second kappa shape index (κ2) is 4.82. The molecule has 0 unspecified atom stereocenters. The number of ketones is 1. The van der Waals surface area contributed by atoms with Gasteiger partial charge in [0.2, 0.25) is 5.78 Å². The Labute approximate surface area is 73.3 Å². The summed E-state index contributed by atoms with van der Waals surface area (Å²) >= 11 is 0. The van der Waals surface area contributed by atoms with Gasteiger partial charge in [0.25, 0.3) is 0 Å². The normalized spacial score (nSPS) is 11.4. The zero-order valence-electron chi connectivity index (χ0n) is 6.53. The molecule has 0 aliphatic carbocycles. The second-order valence-electron chi connectivity index (χ2n) is 1.86. The van der Waals surface area contributed by atoms with E-state index in [1.807, 2.05) is 0 Å². The highest BCUT2D eigenvalue weighted by Crippen LogP contribution is 2.14. The van der Waals surface area contributed by atoms with Gasteiger partial charge in [0, 0.05) is 6.92 Å². The Balaban J connectivity index is 0. The van der Waals surface area contributed by atoms with Gasteiger partial charge in [0.1, 0.15) is 0 Å². The Kier molecular flexibility index (Phi) is 5.23. The van der Waals surface area contributed by atoms with Gasteiger partial charge in [-0.2, -0.15) is 26.3 Å². The predicted octanol–water partition coefficient (Wildman–Crippen LogP) is 1.77. The molecule has 0 aliphatic heterocycles. The maximum Gasteiger partial charge on any atom is 0.490 e. The van der Waals surface area contributed by atoms with Crippen molar-refractivity contribution in [3.05, 3.63) is 0 Å². The Morgan fingerprint density at radius 2 is 1.07 bits per heavy atom. The van der Waals surface area contributed by atoms with Crippen molar-refractivity contribution >= 4 is 11.8 Å². The summed E-state index contributed by atoms with van der Waals surface area (Å²) in [5.41, 5.74) is 0. The van der Waals surface area contributed by atoms with Gasteiger partial charge < -0.3 is 5.11 Å². The number of carboxylic acid groups (broad SMARTS) is 1. The number of carbonyl (C=O) groups excluding carboxylic acids is 1. The quantitative estimate of drug-likeness (QED) is 0.640. The predicted molar refractivity (Wildman–Crippen MR) is 30.4 cm³/mol. The number of Topliss-reactive ketones (excluding diaryl/α,β-unsaturated/α-hetero) is 1. The van der Waals surface area contributed by atoms with E-state index in [0.717, 1.165) is 0 Å². The number of aliphatic carboxylic acids is 1. The van der Waals surface area contributed by atoms with Crippen molar-refractivity contribution in [3.63, 3.8) is 0 Å². The lowest BCUT2D eigenvalue weighted by atomic mass is 10.5. The van der Waals surface area contributed by atoms with Gasteiger partial charge >= 0.3 is 18.3 Å². The molecular weight excluding hydrogens is 222 g/mol. The molecular formula is C5H4F6O3. The van der Waals surface area contributed by atoms with Gasteiger partial charge in [-0.15, -0.1) is 0 Å². The van der Waals surface area contributed by atoms with E-state index in [4.69, 9.17) is 9.90 Å². The molecule has 0 saturated heterocycles. The van der Waals surface area contributed by atoms with Gasteiger partial charge in [-0.3, -0.25) is 4.79 Å². The second-order valence-corrected chi connectivity index (χ2v) is 1.86. The first-order chi connectivity index (χ1) is 5.89. The minimum absolute atomic E-state index is 0.486. The molecule has 0 heterocycles. The summed E-state index contributed by atoms with van der Waals surface area (Å²) in [5, 5.41) is 7.12. The fraction of sp³-hybridized carbons (Fsp3) is 0.600. The lowest BCUT2D eigenvalue weighted by molar-refractivity contribution is -0.192. The van der Waals surface area contributed by atoms with Crippen LogP contribution in [0.4, 0.5) is 26.3 Å². The van der Waals surface area contributed by atoms with Crippen LogP contribution in [0.25, 0.3) is 0 Å². The molecule has 0 atom stereocenters. The molecule has 84 valence electrons. The van der Waals surface area contributed by atoms with Gasteiger partial charge in [-0.25, -0.2) is 4.79 Å². The highest BCUT2D eigenvalue weighted by molar-refractivity contribution is 5.81. The molecule has 9 heteroatoms. The maximum atomic E-state index is 10.8. The molecule has 14 heavy (non-hydrogen) atoms. The molecule has 0 bridgehead atoms. The van der Waals surface area contributed by atoms with E-state index in [-0.39, 0.29) is 0 Å². The zero-order chi connectivity index (χ0) is 12.2. The molecule has 0 aromatic carbocycles. The summed E-state index contributed by atoms with van der Waals surface area (Å²) in [7, 11) is 0. The number of rotatable bonds is 0. The number of carbonyl (C=O) groups is 2. The Hall–Kier alpha value is -1.28. The van der Waals surface area contributed by atoms with Crippen LogP contribution in [0.1, 0.15) is 6.92 Å². The van der Waals surface area contributed by atoms with Crippen LogP contribution in [0.2, 0.25) is 0 Å². The molecule has 0 radical (unpaired) electrons. The number of alkyl halides is 6. The van der Waals surface area contributed by atoms with Crippen molar-refractivity contribution in [2.45, 2.75) is 19.3 Å². The van der Waals surface area contributed by atoms with Gasteiger partial charge in [0.05, 0.1) is 0 Å². The van der Waals surface area contributed by atoms with Gasteiger partial charge in [-0.05, 0) is 0 Å². The first kappa shape index (κ1) is 15.2. The van der Waals surface area contributed by atoms with E-state index in [1.54, 1.807) is 0 Å². The Morgan fingerprint density at radius 3 is 1.07 bits per heavy atom. The summed E-state index contributed by atoms with van der Waals surface area (Å²) in [6.45, 7) is 0.486. The molecule has 3 nitrogen and oxygen atoms in total. The van der Waals surface area contributed by atoms with Crippen LogP contribution in [0.15, 0.2) is 0 Å². The first-order valence-electron chi connectivity index (χ1n) is 2.77. The van der Waals surface area contributed by atoms with Crippen LogP contribution < -0.4 is 0 Å². The molecule has 0 amide bonds. The highest BCUT2D eigenvalue weighted by Gasteiger charge is 2.38. The largest absolute Gasteiger partial charge is 0.490 e. The van der Waals surface area contributed by atoms with Crippen molar-refractivity contribution in [2.75, 3.05) is 0 Å². The number of hydrogen-bond acceptors (Lipinski definition) is 2. The van der Waals surface area contributed by atoms with E-state index >= 15 is 0 Å². The summed E-state index contributed by atoms with van der Waals surface area (Å²) < 4.78 is 64.2. The van der Waals surface area contributed by atoms with Crippen LogP contribution in [-0.2, 0) is 9.59 Å². The van der Waals surface area contributed by atoms with Crippen LogP contribution >= 0.6 is 0 Å². The first-order valence-corrected chi connectivity index (χ1v) is 2.77. The van der Waals surface area contributed by atoms with E-state index in [2.05, 4.69) is 0 Å². The van der Waals surface area contributed by atoms with Crippen molar-refractivity contribution in [2.24, 2.45) is 0 Å². The fourth-order valence-electron chi connectivity index (χ4n) is 0. The molecule has 0 rings (SSSR count). The SMILES string of the molecule is CC(=O)C(F)(F)F.O=C(O)C(F)(F)F. The molecule has 0 aromatic rings. The Bertz CT molecular complexity index is 190. The lowest BCUT2D eigenvalue weighted by Crippen LogP contribution is -2.21. The third-order valence-corrected chi connectivity index (χ3v) is 0.642. The third-order valence-electron chi connectivity index (χ3n) is 0.642. The minimum Gasteiger partial charge on any atom is -0.475 e. The number of halogens is 6. The molecule has 1 N–H and O–H groups in total. The molecule has 0 aromatic heterocycles. The van der Waals surface area contributed by atoms with E-state index < -0.39 is 24.1 Å². The van der Waals surface area contributed by atoms with Crippen molar-refractivity contribution in [1.82, 2.24) is 0 Å². The molecule has 0 fully saturated rings. The van der Waals surface area contributed by atoms with Crippen LogP contribution in [0.5, 0.6) is 0 Å². The highest BCUT2D eigenvalue weighted by atomic mass is 19.4. The summed E-state index contributed by atoms with van der Waals surface area (Å²) in [6.07, 6.45) is -9.72. The zero-order valence-corrected chi connectivity index (χ0v) is 6.53. The maximum absolute atomic E-state index is 10.8. The van der Waals surface area contributed by atoms with Crippen LogP contribution in [-0.4, -0.2) is 29.2 Å². The smallest absolute Gasteiger partial charge is 0.475 e. The van der Waals surface area contributed by atoms with Crippen molar-refractivity contribution < 1.29 is 41.0 Å². The standard InChI is InChI=1S/C3H3F3O.C2HF3O2/c1-2(7)3(4,5)6;3-2(4,5)1(6)7/h1H3;(H,6,7). The molecule has 0 spiro atoms. The van der Waals surface area contributed by atoms with Crippen LogP contribution in [0, 0.1) is 0 Å². The lowest BCUT2D eigenvalue weighted by Gasteiger charge is -1.95. The molecule has 0 aliphatic rings. The van der Waals surface area contributed by atoms with Crippen molar-refractivity contribution in [1.29, 1.82) is 0 Å². The van der Waals surface area contributed by atoms with E-state index in [1.165, 1.54) is 0 Å². The summed E-state index contributed by atoms with van der Waals surface area (Å²) in [4.78, 5) is 18.2. The van der Waals surface area contributed by atoms with E-state index in [0.29, 0.717) is 6.92 Å². The van der Waals surface area contributed by atoms with E-state index in [9.17, 15) is 31.1 Å². The minimum atomic E-state index is -5.08. The topological polar surface area (TPSA) is 54.4 Å². The fourth-order valence-corrected chi connectivity index (χ4v) is 0. The van der Waals surface area contributed by atoms with Crippen molar-refractivity contribution in [3.8, 4) is 0 Å². The van der Waals surface area contributed by atoms with Gasteiger partial charge in [0.15, 0.2) is 0 Å². The molecule has 0 saturated carbocycles. The summed E-state index contributed by atoms with van der Waals surface area (Å²) in [5.74, 6) is -4.51.